The second-order valence-corrected chi connectivity index (χ2v) is 4.57. The van der Waals surface area contributed by atoms with Gasteiger partial charge in [-0.2, -0.15) is 0 Å². The Hall–Kier alpha value is -2.20. The Kier molecular flexibility index (Phi) is 3.25. The lowest BCUT2D eigenvalue weighted by Gasteiger charge is -2.22. The summed E-state index contributed by atoms with van der Waals surface area (Å²) in [6, 6.07) is 11.9. The topological polar surface area (TPSA) is 45.2 Å². The zero-order valence-corrected chi connectivity index (χ0v) is 10.5. The maximum absolute atomic E-state index is 12.2. The summed E-state index contributed by atoms with van der Waals surface area (Å²) in [6.45, 7) is 1.66. The van der Waals surface area contributed by atoms with Crippen LogP contribution in [-0.2, 0) is 17.9 Å². The third kappa shape index (κ3) is 2.48. The molecule has 0 atom stereocenters. The Labute approximate surface area is 112 Å². The molecule has 0 bridgehead atoms. The van der Waals surface area contributed by atoms with E-state index in [9.17, 15) is 4.79 Å². The van der Waals surface area contributed by atoms with Gasteiger partial charge in [0.25, 0.3) is 0 Å². The van der Waals surface area contributed by atoms with Crippen molar-refractivity contribution in [1.29, 1.82) is 0 Å². The van der Waals surface area contributed by atoms with E-state index >= 15 is 0 Å². The lowest BCUT2D eigenvalue weighted by molar-refractivity contribution is -0.117. The molecular formula is C15H15N3O. The fraction of sp³-hybridized carbons (Fsp3) is 0.200. The number of para-hydroxylation sites is 1. The normalized spacial score (nSPS) is 14.9. The standard InChI is InChI=1S/C15H15N3O/c19-15-10-17-9-13-5-1-2-6-14(13)18(15)11-12-4-3-7-16-8-12/h1-8,17H,9-11H2. The number of benzene rings is 1. The Balaban J connectivity index is 1.96. The number of carbonyl (C=O) groups is 1. The first-order chi connectivity index (χ1) is 9.34. The Morgan fingerprint density at radius 3 is 2.89 bits per heavy atom. The minimum absolute atomic E-state index is 0.0915. The van der Waals surface area contributed by atoms with E-state index in [0.29, 0.717) is 13.1 Å². The molecule has 1 aliphatic heterocycles. The molecule has 4 nitrogen and oxygen atoms in total. The van der Waals surface area contributed by atoms with Gasteiger partial charge >= 0.3 is 0 Å². The highest BCUT2D eigenvalue weighted by Gasteiger charge is 2.21. The van der Waals surface area contributed by atoms with Gasteiger partial charge in [0.15, 0.2) is 0 Å². The monoisotopic (exact) mass is 253 g/mol. The van der Waals surface area contributed by atoms with Crippen LogP contribution in [0.5, 0.6) is 0 Å². The van der Waals surface area contributed by atoms with Gasteiger partial charge in [0.05, 0.1) is 13.1 Å². The van der Waals surface area contributed by atoms with Crippen LogP contribution in [0.3, 0.4) is 0 Å². The summed E-state index contributed by atoms with van der Waals surface area (Å²) in [6.07, 6.45) is 3.54. The van der Waals surface area contributed by atoms with Gasteiger partial charge in [-0.05, 0) is 23.3 Å². The zero-order valence-electron chi connectivity index (χ0n) is 10.5. The summed E-state index contributed by atoms with van der Waals surface area (Å²) in [5.41, 5.74) is 3.17. The van der Waals surface area contributed by atoms with E-state index in [1.807, 2.05) is 35.2 Å². The molecule has 19 heavy (non-hydrogen) atoms. The third-order valence-corrected chi connectivity index (χ3v) is 3.24. The summed E-state index contributed by atoms with van der Waals surface area (Å²) < 4.78 is 0. The summed E-state index contributed by atoms with van der Waals surface area (Å²) in [7, 11) is 0. The molecule has 1 aliphatic rings. The van der Waals surface area contributed by atoms with Gasteiger partial charge in [-0.3, -0.25) is 9.78 Å². The summed E-state index contributed by atoms with van der Waals surface area (Å²) in [5.74, 6) is 0.0915. The second kappa shape index (κ2) is 5.20. The molecule has 1 N–H and O–H groups in total. The Morgan fingerprint density at radius 2 is 2.05 bits per heavy atom. The molecule has 1 aromatic carbocycles. The summed E-state index contributed by atoms with van der Waals surface area (Å²) >= 11 is 0. The van der Waals surface area contributed by atoms with E-state index in [0.717, 1.165) is 23.4 Å². The third-order valence-electron chi connectivity index (χ3n) is 3.24. The van der Waals surface area contributed by atoms with E-state index in [1.54, 1.807) is 12.4 Å². The molecule has 0 spiro atoms. The van der Waals surface area contributed by atoms with Crippen molar-refractivity contribution in [2.24, 2.45) is 0 Å². The first kappa shape index (κ1) is 11.9. The number of rotatable bonds is 2. The fourth-order valence-electron chi connectivity index (χ4n) is 2.31. The maximum atomic E-state index is 12.2. The fourth-order valence-corrected chi connectivity index (χ4v) is 2.31. The minimum atomic E-state index is 0.0915. The number of aromatic nitrogens is 1. The van der Waals surface area contributed by atoms with E-state index in [1.165, 1.54) is 0 Å². The number of hydrogen-bond donors (Lipinski definition) is 1. The van der Waals surface area contributed by atoms with Gasteiger partial charge in [0.1, 0.15) is 0 Å². The highest BCUT2D eigenvalue weighted by molar-refractivity contribution is 5.96. The molecule has 3 rings (SSSR count). The van der Waals surface area contributed by atoms with Crippen molar-refractivity contribution in [3.05, 3.63) is 59.9 Å². The van der Waals surface area contributed by atoms with Crippen molar-refractivity contribution in [3.8, 4) is 0 Å². The number of hydrogen-bond acceptors (Lipinski definition) is 3. The minimum Gasteiger partial charge on any atom is -0.307 e. The summed E-state index contributed by atoms with van der Waals surface area (Å²) in [4.78, 5) is 18.2. The second-order valence-electron chi connectivity index (χ2n) is 4.57. The van der Waals surface area contributed by atoms with Crippen LogP contribution in [0.25, 0.3) is 0 Å². The predicted molar refractivity (Wildman–Crippen MR) is 73.6 cm³/mol. The van der Waals surface area contributed by atoms with Gasteiger partial charge in [-0.25, -0.2) is 0 Å². The van der Waals surface area contributed by atoms with E-state index in [4.69, 9.17) is 0 Å². The number of pyridine rings is 1. The zero-order chi connectivity index (χ0) is 13.1. The molecule has 1 aromatic heterocycles. The highest BCUT2D eigenvalue weighted by atomic mass is 16.2. The molecule has 96 valence electrons. The SMILES string of the molecule is O=C1CNCc2ccccc2N1Cc1cccnc1. The first-order valence-electron chi connectivity index (χ1n) is 6.32. The van der Waals surface area contributed by atoms with Crippen molar-refractivity contribution in [1.82, 2.24) is 10.3 Å². The molecule has 0 saturated carbocycles. The van der Waals surface area contributed by atoms with Gasteiger partial charge in [-0.1, -0.05) is 24.3 Å². The lowest BCUT2D eigenvalue weighted by atomic mass is 10.1. The molecule has 0 saturated heterocycles. The first-order valence-corrected chi connectivity index (χ1v) is 6.32. The molecule has 4 heteroatoms. The molecule has 0 unspecified atom stereocenters. The quantitative estimate of drug-likeness (QED) is 0.886. The van der Waals surface area contributed by atoms with Crippen LogP contribution in [0.1, 0.15) is 11.1 Å². The number of carbonyl (C=O) groups excluding carboxylic acids is 1. The molecule has 2 aromatic rings. The number of anilines is 1. The Morgan fingerprint density at radius 1 is 1.16 bits per heavy atom. The summed E-state index contributed by atoms with van der Waals surface area (Å²) in [5, 5.41) is 3.16. The number of nitrogens with one attached hydrogen (secondary N) is 1. The number of nitrogens with zero attached hydrogens (tertiary/aromatic N) is 2. The van der Waals surface area contributed by atoms with Crippen LogP contribution < -0.4 is 10.2 Å². The predicted octanol–water partition coefficient (Wildman–Crippen LogP) is 1.72. The average Bonchev–Trinajstić information content (AvgIpc) is 2.61. The molecular weight excluding hydrogens is 238 g/mol. The maximum Gasteiger partial charge on any atom is 0.241 e. The largest absolute Gasteiger partial charge is 0.307 e. The highest BCUT2D eigenvalue weighted by Crippen LogP contribution is 2.24. The number of amides is 1. The lowest BCUT2D eigenvalue weighted by Crippen LogP contribution is -2.35. The molecule has 0 aliphatic carbocycles. The molecule has 2 heterocycles. The van der Waals surface area contributed by atoms with Gasteiger partial charge in [0.2, 0.25) is 5.91 Å². The number of fused-ring (bicyclic) bond motifs is 1. The van der Waals surface area contributed by atoms with Crippen molar-refractivity contribution in [3.63, 3.8) is 0 Å². The van der Waals surface area contributed by atoms with Gasteiger partial charge < -0.3 is 10.2 Å². The van der Waals surface area contributed by atoms with Crippen LogP contribution in [0.15, 0.2) is 48.8 Å². The smallest absolute Gasteiger partial charge is 0.241 e. The van der Waals surface area contributed by atoms with Crippen molar-refractivity contribution in [2.45, 2.75) is 13.1 Å². The van der Waals surface area contributed by atoms with E-state index < -0.39 is 0 Å². The van der Waals surface area contributed by atoms with Crippen molar-refractivity contribution >= 4 is 11.6 Å². The van der Waals surface area contributed by atoms with Crippen molar-refractivity contribution < 1.29 is 4.79 Å². The van der Waals surface area contributed by atoms with E-state index in [2.05, 4.69) is 16.4 Å². The van der Waals surface area contributed by atoms with Crippen LogP contribution >= 0.6 is 0 Å². The van der Waals surface area contributed by atoms with Crippen LogP contribution in [0, 0.1) is 0 Å². The molecule has 1 amide bonds. The van der Waals surface area contributed by atoms with Crippen LogP contribution in [0.2, 0.25) is 0 Å². The molecule has 0 radical (unpaired) electrons. The van der Waals surface area contributed by atoms with Gasteiger partial charge in [0, 0.05) is 24.6 Å². The van der Waals surface area contributed by atoms with Crippen LogP contribution in [-0.4, -0.2) is 17.4 Å². The van der Waals surface area contributed by atoms with Crippen molar-refractivity contribution in [2.75, 3.05) is 11.4 Å². The Bertz CT molecular complexity index is 583. The van der Waals surface area contributed by atoms with Gasteiger partial charge in [-0.15, -0.1) is 0 Å². The molecule has 0 fully saturated rings. The average molecular weight is 253 g/mol. The van der Waals surface area contributed by atoms with E-state index in [-0.39, 0.29) is 5.91 Å². The van der Waals surface area contributed by atoms with Crippen LogP contribution in [0.4, 0.5) is 5.69 Å².